The maximum Gasteiger partial charge on any atom is 0.226 e. The topological polar surface area (TPSA) is 62.3 Å². The lowest BCUT2D eigenvalue weighted by molar-refractivity contribution is -0.216. The molecule has 0 aromatic carbocycles. The van der Waals surface area contributed by atoms with Gasteiger partial charge in [0.25, 0.3) is 0 Å². The fraction of sp³-hybridized carbons (Fsp3) is 0.806. The third-order valence-electron chi connectivity index (χ3n) is 12.7. The van der Waals surface area contributed by atoms with Crippen molar-refractivity contribution in [1.82, 2.24) is 0 Å². The van der Waals surface area contributed by atoms with Gasteiger partial charge in [-0.15, -0.1) is 0 Å². The molecule has 0 N–H and O–H groups in total. The summed E-state index contributed by atoms with van der Waals surface area (Å²) in [7, 11) is 0. The van der Waals surface area contributed by atoms with Crippen LogP contribution in [0.1, 0.15) is 99.8 Å². The molecular weight excluding hydrogens is 432 g/mol. The number of rotatable bonds is 0. The molecule has 0 saturated heterocycles. The number of fused-ring (bicyclic) bond motifs is 7. The molecule has 0 radical (unpaired) electrons. The molecule has 0 spiro atoms. The van der Waals surface area contributed by atoms with Gasteiger partial charge in [0, 0.05) is 17.8 Å². The monoisotopic (exact) mass is 474 g/mol. The standard InChI is InChI=1S/C31H42N2O2/c1-26(2)11-13-31(18-32)14-12-30(7)24(19(31)16-26)21(34)15-23-28(5)17-20(33-8)25(35)27(3,4)22(28)9-10-29(23,30)6/h17,19,22-24H,9-16H2,1-7H3/t19-,22-,23?,24-,28-,29+,30+,31+/m0/s1. The highest BCUT2D eigenvalue weighted by molar-refractivity contribution is 6.02. The van der Waals surface area contributed by atoms with Crippen LogP contribution in [0.4, 0.5) is 0 Å². The first kappa shape index (κ1) is 24.7. The van der Waals surface area contributed by atoms with Gasteiger partial charge in [-0.25, -0.2) is 4.85 Å². The van der Waals surface area contributed by atoms with Crippen LogP contribution in [-0.2, 0) is 9.59 Å². The van der Waals surface area contributed by atoms with E-state index in [1.54, 1.807) is 0 Å². The van der Waals surface area contributed by atoms with Crippen molar-refractivity contribution in [2.45, 2.75) is 99.8 Å². The van der Waals surface area contributed by atoms with E-state index in [1.165, 1.54) is 0 Å². The number of hydrogen-bond acceptors (Lipinski definition) is 3. The molecular formula is C31H42N2O2. The molecule has 4 fully saturated rings. The highest BCUT2D eigenvalue weighted by atomic mass is 16.1. The molecule has 0 aromatic rings. The van der Waals surface area contributed by atoms with Crippen molar-refractivity contribution in [3.8, 4) is 6.07 Å². The Hall–Kier alpha value is -1.94. The van der Waals surface area contributed by atoms with E-state index in [1.807, 2.05) is 19.9 Å². The molecule has 0 heterocycles. The quantitative estimate of drug-likeness (QED) is 0.350. The minimum Gasteiger partial charge on any atom is -0.307 e. The lowest BCUT2D eigenvalue weighted by atomic mass is 9.32. The predicted molar refractivity (Wildman–Crippen MR) is 136 cm³/mol. The van der Waals surface area contributed by atoms with Crippen LogP contribution in [0, 0.1) is 74.1 Å². The van der Waals surface area contributed by atoms with E-state index in [2.05, 4.69) is 45.5 Å². The molecule has 5 aliphatic rings. The van der Waals surface area contributed by atoms with E-state index >= 15 is 0 Å². The van der Waals surface area contributed by atoms with E-state index in [0.717, 1.165) is 44.9 Å². The molecule has 5 aliphatic carbocycles. The van der Waals surface area contributed by atoms with E-state index in [-0.39, 0.29) is 62.2 Å². The van der Waals surface area contributed by atoms with E-state index in [4.69, 9.17) is 6.57 Å². The minimum atomic E-state index is -0.596. The summed E-state index contributed by atoms with van der Waals surface area (Å²) < 4.78 is 0. The molecule has 35 heavy (non-hydrogen) atoms. The van der Waals surface area contributed by atoms with Gasteiger partial charge >= 0.3 is 0 Å². The smallest absolute Gasteiger partial charge is 0.226 e. The van der Waals surface area contributed by atoms with Crippen molar-refractivity contribution in [3.63, 3.8) is 0 Å². The normalized spacial score (nSPS) is 49.8. The number of ketones is 2. The van der Waals surface area contributed by atoms with Gasteiger partial charge in [-0.05, 0) is 84.4 Å². The van der Waals surface area contributed by atoms with Crippen molar-refractivity contribution in [1.29, 1.82) is 5.26 Å². The lowest BCUT2D eigenvalue weighted by Crippen LogP contribution is -2.68. The third kappa shape index (κ3) is 2.89. The van der Waals surface area contributed by atoms with Crippen LogP contribution in [0.3, 0.4) is 0 Å². The van der Waals surface area contributed by atoms with Crippen LogP contribution in [0.2, 0.25) is 0 Å². The summed E-state index contributed by atoms with van der Waals surface area (Å²) in [4.78, 5) is 31.1. The average Bonchev–Trinajstić information content (AvgIpc) is 2.77. The highest BCUT2D eigenvalue weighted by Gasteiger charge is 2.72. The Kier molecular flexibility index (Phi) is 5.01. The first-order chi connectivity index (χ1) is 16.1. The fourth-order valence-corrected chi connectivity index (χ4v) is 10.5. The minimum absolute atomic E-state index is 0.0364. The van der Waals surface area contributed by atoms with Crippen molar-refractivity contribution >= 4 is 11.6 Å². The second-order valence-corrected chi connectivity index (χ2v) is 14.9. The predicted octanol–water partition coefficient (Wildman–Crippen LogP) is 7.16. The number of nitriles is 1. The number of carbonyl (C=O) groups is 2. The second kappa shape index (κ2) is 7.09. The zero-order valence-corrected chi connectivity index (χ0v) is 22.8. The number of nitrogens with zero attached hydrogens (tertiary/aromatic N) is 2. The maximum atomic E-state index is 14.3. The summed E-state index contributed by atoms with van der Waals surface area (Å²) in [5.74, 6) is 0.605. The molecule has 0 bridgehead atoms. The van der Waals surface area contributed by atoms with E-state index in [9.17, 15) is 14.9 Å². The van der Waals surface area contributed by atoms with Gasteiger partial charge in [0.05, 0.1) is 18.1 Å². The van der Waals surface area contributed by atoms with Gasteiger partial charge in [-0.1, -0.05) is 54.5 Å². The first-order valence-electron chi connectivity index (χ1n) is 13.7. The van der Waals surface area contributed by atoms with Gasteiger partial charge in [0.2, 0.25) is 5.70 Å². The number of Topliss-reactive ketones (excluding diaryl/α,β-unsaturated/α-hetero) is 2. The van der Waals surface area contributed by atoms with Gasteiger partial charge in [-0.3, -0.25) is 4.79 Å². The summed E-state index contributed by atoms with van der Waals surface area (Å²) >= 11 is 0. The summed E-state index contributed by atoms with van der Waals surface area (Å²) in [6.07, 6.45) is 9.17. The van der Waals surface area contributed by atoms with Crippen LogP contribution in [0.25, 0.3) is 4.85 Å². The van der Waals surface area contributed by atoms with Crippen molar-refractivity contribution < 1.29 is 9.59 Å². The number of hydrogen-bond donors (Lipinski definition) is 0. The largest absolute Gasteiger partial charge is 0.307 e. The second-order valence-electron chi connectivity index (χ2n) is 14.9. The van der Waals surface area contributed by atoms with Crippen LogP contribution in [0.5, 0.6) is 0 Å². The van der Waals surface area contributed by atoms with Crippen LogP contribution in [0.15, 0.2) is 11.8 Å². The van der Waals surface area contributed by atoms with Gasteiger partial charge in [0.1, 0.15) is 5.78 Å². The van der Waals surface area contributed by atoms with Gasteiger partial charge in [-0.2, -0.15) is 5.26 Å². The molecule has 4 nitrogen and oxygen atoms in total. The lowest BCUT2D eigenvalue weighted by Gasteiger charge is -2.71. The van der Waals surface area contributed by atoms with Crippen molar-refractivity contribution in [3.05, 3.63) is 23.2 Å². The number of allylic oxidation sites excluding steroid dienone is 2. The van der Waals surface area contributed by atoms with Crippen LogP contribution in [-0.4, -0.2) is 11.6 Å². The fourth-order valence-electron chi connectivity index (χ4n) is 10.5. The molecule has 1 unspecified atom stereocenters. The van der Waals surface area contributed by atoms with Crippen LogP contribution >= 0.6 is 0 Å². The Morgan fingerprint density at radius 3 is 2.23 bits per heavy atom. The van der Waals surface area contributed by atoms with Gasteiger partial charge in [0.15, 0.2) is 5.78 Å². The summed E-state index contributed by atoms with van der Waals surface area (Å²) in [5, 5.41) is 10.4. The third-order valence-corrected chi connectivity index (χ3v) is 12.7. The molecule has 0 aromatic heterocycles. The molecule has 0 aliphatic heterocycles. The molecule has 4 saturated carbocycles. The SMILES string of the molecule is [C-]#[N+]C1=C[C@]2(C)C3CC(=O)[C@@H]4[C@@H]5CC(C)(C)CC[C@]5(C#N)CC[C@@]4(C)[C@]3(C)CC[C@H]2C(C)(C)C1=O. The van der Waals surface area contributed by atoms with Crippen molar-refractivity contribution in [2.24, 2.45) is 56.2 Å². The first-order valence-corrected chi connectivity index (χ1v) is 13.7. The van der Waals surface area contributed by atoms with Crippen molar-refractivity contribution in [2.75, 3.05) is 0 Å². The summed E-state index contributed by atoms with van der Waals surface area (Å²) in [5.41, 5.74) is -1.14. The summed E-state index contributed by atoms with van der Waals surface area (Å²) in [6, 6.07) is 2.76. The zero-order valence-electron chi connectivity index (χ0n) is 22.8. The molecule has 0 amide bonds. The summed E-state index contributed by atoms with van der Waals surface area (Å²) in [6.45, 7) is 23.4. The Morgan fingerprint density at radius 2 is 1.60 bits per heavy atom. The molecule has 4 heteroatoms. The van der Waals surface area contributed by atoms with Gasteiger partial charge < -0.3 is 4.79 Å². The van der Waals surface area contributed by atoms with E-state index in [0.29, 0.717) is 12.2 Å². The Balaban J connectivity index is 1.64. The Morgan fingerprint density at radius 1 is 0.943 bits per heavy atom. The Bertz CT molecular complexity index is 1120. The molecule has 188 valence electrons. The zero-order chi connectivity index (χ0) is 25.8. The van der Waals surface area contributed by atoms with E-state index < -0.39 is 5.41 Å². The highest BCUT2D eigenvalue weighted by Crippen LogP contribution is 2.75. The Labute approximate surface area is 211 Å². The molecule has 5 rings (SSSR count). The maximum absolute atomic E-state index is 14.3. The number of carbonyl (C=O) groups excluding carboxylic acids is 2. The average molecular weight is 475 g/mol. The molecule has 8 atom stereocenters. The van der Waals surface area contributed by atoms with Crippen LogP contribution < -0.4 is 0 Å².